The highest BCUT2D eigenvalue weighted by Crippen LogP contribution is 2.26. The third-order valence-electron chi connectivity index (χ3n) is 3.98. The van der Waals surface area contributed by atoms with Crippen LogP contribution in [-0.4, -0.2) is 12.6 Å². The Morgan fingerprint density at radius 1 is 1.22 bits per heavy atom. The summed E-state index contributed by atoms with van der Waals surface area (Å²) in [6, 6.07) is 7.31. The second-order valence-corrected chi connectivity index (χ2v) is 5.62. The first-order chi connectivity index (χ1) is 8.74. The van der Waals surface area contributed by atoms with Crippen LogP contribution in [0.3, 0.4) is 0 Å². The summed E-state index contributed by atoms with van der Waals surface area (Å²) in [6.45, 7) is 3.32. The van der Waals surface area contributed by atoms with E-state index >= 15 is 0 Å². The van der Waals surface area contributed by atoms with Crippen LogP contribution in [0.2, 0.25) is 0 Å². The zero-order valence-corrected chi connectivity index (χ0v) is 11.3. The zero-order chi connectivity index (χ0) is 12.8. The van der Waals surface area contributed by atoms with Gasteiger partial charge < -0.3 is 5.32 Å². The Hall–Kier alpha value is -0.890. The van der Waals surface area contributed by atoms with Gasteiger partial charge in [-0.2, -0.15) is 0 Å². The molecule has 1 N–H and O–H groups in total. The molecule has 1 aliphatic carbocycles. The number of hydrogen-bond acceptors (Lipinski definition) is 1. The normalized spacial score (nSPS) is 18.1. The molecule has 100 valence electrons. The van der Waals surface area contributed by atoms with Gasteiger partial charge in [0.25, 0.3) is 0 Å². The van der Waals surface area contributed by atoms with Crippen LogP contribution in [0.15, 0.2) is 24.3 Å². The number of rotatable bonds is 6. The van der Waals surface area contributed by atoms with E-state index in [4.69, 9.17) is 0 Å². The first-order valence-corrected chi connectivity index (χ1v) is 7.22. The molecule has 1 saturated carbocycles. The molecule has 2 heteroatoms. The summed E-state index contributed by atoms with van der Waals surface area (Å²) >= 11 is 0. The maximum atomic E-state index is 12.8. The highest BCUT2D eigenvalue weighted by molar-refractivity contribution is 5.16. The highest BCUT2D eigenvalue weighted by atomic mass is 19.1. The van der Waals surface area contributed by atoms with Crippen molar-refractivity contribution in [2.45, 2.75) is 51.5 Å². The van der Waals surface area contributed by atoms with Gasteiger partial charge in [-0.05, 0) is 49.9 Å². The molecule has 0 heterocycles. The van der Waals surface area contributed by atoms with E-state index in [1.165, 1.54) is 37.7 Å². The summed E-state index contributed by atoms with van der Waals surface area (Å²) in [6.07, 6.45) is 7.99. The average Bonchev–Trinajstić information content (AvgIpc) is 2.85. The molecule has 1 aromatic rings. The minimum absolute atomic E-state index is 0.152. The lowest BCUT2D eigenvalue weighted by Crippen LogP contribution is -2.29. The lowest BCUT2D eigenvalue weighted by Gasteiger charge is -2.16. The van der Waals surface area contributed by atoms with Crippen molar-refractivity contribution in [3.63, 3.8) is 0 Å². The summed E-state index contributed by atoms with van der Waals surface area (Å²) < 4.78 is 12.8. The van der Waals surface area contributed by atoms with E-state index in [0.29, 0.717) is 6.04 Å². The minimum Gasteiger partial charge on any atom is -0.314 e. The van der Waals surface area contributed by atoms with Gasteiger partial charge in [0.15, 0.2) is 0 Å². The molecule has 0 amide bonds. The quantitative estimate of drug-likeness (QED) is 0.805. The highest BCUT2D eigenvalue weighted by Gasteiger charge is 2.14. The Morgan fingerprint density at radius 3 is 2.56 bits per heavy atom. The van der Waals surface area contributed by atoms with Gasteiger partial charge in [0, 0.05) is 6.04 Å². The molecule has 1 atom stereocenters. The van der Waals surface area contributed by atoms with Crippen molar-refractivity contribution in [3.8, 4) is 0 Å². The number of hydrogen-bond donors (Lipinski definition) is 1. The lowest BCUT2D eigenvalue weighted by atomic mass is 10.0. The molecule has 1 fully saturated rings. The second kappa shape index (κ2) is 6.89. The molecule has 1 unspecified atom stereocenters. The van der Waals surface area contributed by atoms with Gasteiger partial charge in [-0.15, -0.1) is 0 Å². The van der Waals surface area contributed by atoms with Crippen molar-refractivity contribution < 1.29 is 4.39 Å². The first kappa shape index (κ1) is 13.5. The molecular weight excluding hydrogens is 225 g/mol. The predicted octanol–water partition coefficient (Wildman–Crippen LogP) is 3.93. The van der Waals surface area contributed by atoms with Crippen LogP contribution in [-0.2, 0) is 6.42 Å². The number of nitrogens with one attached hydrogen (secondary N) is 1. The van der Waals surface area contributed by atoms with E-state index in [1.54, 1.807) is 12.1 Å². The van der Waals surface area contributed by atoms with Crippen molar-refractivity contribution in [1.82, 2.24) is 5.32 Å². The van der Waals surface area contributed by atoms with E-state index in [2.05, 4.69) is 12.2 Å². The van der Waals surface area contributed by atoms with Crippen LogP contribution >= 0.6 is 0 Å². The Bertz CT molecular complexity index is 341. The largest absolute Gasteiger partial charge is 0.314 e. The predicted molar refractivity (Wildman–Crippen MR) is 74.1 cm³/mol. The molecule has 2 rings (SSSR count). The van der Waals surface area contributed by atoms with E-state index in [-0.39, 0.29) is 5.82 Å². The Labute approximate surface area is 110 Å². The maximum absolute atomic E-state index is 12.8. The maximum Gasteiger partial charge on any atom is 0.123 e. The fourth-order valence-electron chi connectivity index (χ4n) is 2.88. The lowest BCUT2D eigenvalue weighted by molar-refractivity contribution is 0.448. The van der Waals surface area contributed by atoms with Gasteiger partial charge in [0.2, 0.25) is 0 Å². The summed E-state index contributed by atoms with van der Waals surface area (Å²) in [7, 11) is 0. The van der Waals surface area contributed by atoms with E-state index in [9.17, 15) is 4.39 Å². The summed E-state index contributed by atoms with van der Waals surface area (Å²) in [5.41, 5.74) is 1.21. The van der Waals surface area contributed by atoms with E-state index in [0.717, 1.165) is 18.9 Å². The van der Waals surface area contributed by atoms with Crippen molar-refractivity contribution in [1.29, 1.82) is 0 Å². The Kier molecular flexibility index (Phi) is 5.18. The fourth-order valence-corrected chi connectivity index (χ4v) is 2.88. The Morgan fingerprint density at radius 2 is 1.89 bits per heavy atom. The summed E-state index contributed by atoms with van der Waals surface area (Å²) in [5, 5.41) is 3.58. The molecule has 0 aromatic heterocycles. The van der Waals surface area contributed by atoms with Gasteiger partial charge in [-0.1, -0.05) is 37.8 Å². The van der Waals surface area contributed by atoms with Crippen LogP contribution in [0.5, 0.6) is 0 Å². The van der Waals surface area contributed by atoms with Gasteiger partial charge in [-0.25, -0.2) is 4.39 Å². The molecule has 0 bridgehead atoms. The van der Waals surface area contributed by atoms with Gasteiger partial charge in [0.1, 0.15) is 5.82 Å². The van der Waals surface area contributed by atoms with E-state index in [1.807, 2.05) is 12.1 Å². The van der Waals surface area contributed by atoms with Gasteiger partial charge in [-0.3, -0.25) is 0 Å². The standard InChI is InChI=1S/C16H24FN/c1-13(12-15-6-8-16(17)9-7-15)18-11-10-14-4-2-3-5-14/h6-9,13-14,18H,2-5,10-12H2,1H3. The number of benzene rings is 1. The van der Waals surface area contributed by atoms with E-state index < -0.39 is 0 Å². The molecule has 18 heavy (non-hydrogen) atoms. The van der Waals surface area contributed by atoms with Crippen LogP contribution < -0.4 is 5.32 Å². The van der Waals surface area contributed by atoms with Gasteiger partial charge >= 0.3 is 0 Å². The van der Waals surface area contributed by atoms with Crippen LogP contribution in [0.25, 0.3) is 0 Å². The third kappa shape index (κ3) is 4.41. The Balaban J connectivity index is 1.65. The molecular formula is C16H24FN. The molecule has 1 aromatic carbocycles. The zero-order valence-electron chi connectivity index (χ0n) is 11.3. The van der Waals surface area contributed by atoms with Crippen molar-refractivity contribution >= 4 is 0 Å². The van der Waals surface area contributed by atoms with Crippen molar-refractivity contribution in [2.24, 2.45) is 5.92 Å². The molecule has 0 radical (unpaired) electrons. The summed E-state index contributed by atoms with van der Waals surface area (Å²) in [5.74, 6) is 0.802. The molecule has 1 nitrogen and oxygen atoms in total. The SMILES string of the molecule is CC(Cc1ccc(F)cc1)NCCC1CCCC1. The monoisotopic (exact) mass is 249 g/mol. The topological polar surface area (TPSA) is 12.0 Å². The smallest absolute Gasteiger partial charge is 0.123 e. The molecule has 0 saturated heterocycles. The van der Waals surface area contributed by atoms with Crippen LogP contribution in [0.1, 0.15) is 44.6 Å². The minimum atomic E-state index is -0.152. The van der Waals surface area contributed by atoms with Crippen LogP contribution in [0, 0.1) is 11.7 Å². The van der Waals surface area contributed by atoms with Gasteiger partial charge in [0.05, 0.1) is 0 Å². The number of halogens is 1. The molecule has 0 aliphatic heterocycles. The first-order valence-electron chi connectivity index (χ1n) is 7.22. The van der Waals surface area contributed by atoms with Crippen molar-refractivity contribution in [3.05, 3.63) is 35.6 Å². The summed E-state index contributed by atoms with van der Waals surface area (Å²) in [4.78, 5) is 0. The third-order valence-corrected chi connectivity index (χ3v) is 3.98. The van der Waals surface area contributed by atoms with Crippen LogP contribution in [0.4, 0.5) is 4.39 Å². The fraction of sp³-hybridized carbons (Fsp3) is 0.625. The average molecular weight is 249 g/mol. The molecule has 1 aliphatic rings. The molecule has 0 spiro atoms. The van der Waals surface area contributed by atoms with Crippen molar-refractivity contribution in [2.75, 3.05) is 6.54 Å². The second-order valence-electron chi connectivity index (χ2n) is 5.62.